The van der Waals surface area contributed by atoms with Crippen molar-refractivity contribution in [2.24, 2.45) is 0 Å². The summed E-state index contributed by atoms with van der Waals surface area (Å²) >= 11 is -1.92. The molecule has 0 aromatic rings. The Morgan fingerprint density at radius 2 is 0.789 bits per heavy atom. The molecule has 0 aromatic heterocycles. The Bertz CT molecular complexity index is 89.2. The van der Waals surface area contributed by atoms with Crippen LogP contribution in [-0.2, 0) is 14.7 Å². The summed E-state index contributed by atoms with van der Waals surface area (Å²) in [6.07, 6.45) is 6.11. The third-order valence-electron chi connectivity index (χ3n) is 1.54. The summed E-state index contributed by atoms with van der Waals surface area (Å²) in [5, 5.41) is 24.2. The average Bonchev–Trinajstić information content (AvgIpc) is 2.33. The summed E-state index contributed by atoms with van der Waals surface area (Å²) in [5.41, 5.74) is 0. The van der Waals surface area contributed by atoms with Crippen LogP contribution < -0.4 is 0 Å². The third-order valence-corrected chi connectivity index (χ3v) is 1.54. The molecule has 0 unspecified atom stereocenters. The van der Waals surface area contributed by atoms with E-state index in [1.165, 1.54) is 0 Å². The molecular formula is C12H30Cl3O3Ti. The molecule has 3 nitrogen and oxygen atoms in total. The van der Waals surface area contributed by atoms with Gasteiger partial charge in [-0.25, -0.2) is 0 Å². The summed E-state index contributed by atoms with van der Waals surface area (Å²) < 4.78 is 0. The van der Waals surface area contributed by atoms with Crippen molar-refractivity contribution >= 4 is 27.9 Å². The van der Waals surface area contributed by atoms with Crippen LogP contribution in [0.5, 0.6) is 0 Å². The van der Waals surface area contributed by atoms with Crippen LogP contribution >= 0.6 is 27.9 Å². The van der Waals surface area contributed by atoms with Gasteiger partial charge in [-0.3, -0.25) is 0 Å². The molecule has 0 aromatic carbocycles. The van der Waals surface area contributed by atoms with Crippen molar-refractivity contribution in [3.05, 3.63) is 0 Å². The van der Waals surface area contributed by atoms with Crippen molar-refractivity contribution in [1.82, 2.24) is 0 Å². The maximum atomic E-state index is 8.07. The molecule has 19 heavy (non-hydrogen) atoms. The minimum absolute atomic E-state index is 0.344. The van der Waals surface area contributed by atoms with Gasteiger partial charge in [-0.1, -0.05) is 40.0 Å². The van der Waals surface area contributed by atoms with Crippen LogP contribution in [0.3, 0.4) is 0 Å². The quantitative estimate of drug-likeness (QED) is 0.602. The second-order valence-electron chi connectivity index (χ2n) is 3.45. The standard InChI is InChI=1S/3C4H10O.3ClH.Ti/c3*1-2-3-4-5;;;;/h3*5H,2-4H2,1H3;3*1H;/q;;;;;;+3/p-3. The fraction of sp³-hybridized carbons (Fsp3) is 1.00. The molecule has 0 saturated carbocycles. The van der Waals surface area contributed by atoms with Gasteiger partial charge in [-0.05, 0) is 19.3 Å². The Morgan fingerprint density at radius 3 is 0.789 bits per heavy atom. The van der Waals surface area contributed by atoms with E-state index < -0.39 is 14.7 Å². The van der Waals surface area contributed by atoms with E-state index in [0.717, 1.165) is 38.5 Å². The third kappa shape index (κ3) is 107. The zero-order chi connectivity index (χ0) is 15.9. The first-order chi connectivity index (χ1) is 8.97. The van der Waals surface area contributed by atoms with Gasteiger partial charge in [0.25, 0.3) is 0 Å². The molecular weight excluding hydrogens is 346 g/mol. The second-order valence-corrected chi connectivity index (χ2v) is 11.2. The Balaban J connectivity index is -0.0000000793. The second kappa shape index (κ2) is 36.6. The molecule has 121 valence electrons. The van der Waals surface area contributed by atoms with E-state index in [2.05, 4.69) is 20.8 Å². The van der Waals surface area contributed by atoms with E-state index in [0.29, 0.717) is 19.8 Å². The SMILES string of the molecule is CCCCO.CCCCO.CCCCO.[Cl][Ti]([Cl])[Cl]. The maximum absolute atomic E-state index is 8.07. The zero-order valence-electron chi connectivity index (χ0n) is 12.3. The van der Waals surface area contributed by atoms with Gasteiger partial charge in [0, 0.05) is 19.8 Å². The Morgan fingerprint density at radius 1 is 0.632 bits per heavy atom. The topological polar surface area (TPSA) is 60.7 Å². The Kier molecular flexibility index (Phi) is 55.1. The van der Waals surface area contributed by atoms with Crippen LogP contribution in [0.2, 0.25) is 0 Å². The summed E-state index contributed by atoms with van der Waals surface area (Å²) in [5.74, 6) is 0. The van der Waals surface area contributed by atoms with E-state index >= 15 is 0 Å². The predicted molar refractivity (Wildman–Crippen MR) is 83.5 cm³/mol. The van der Waals surface area contributed by atoms with Gasteiger partial charge in [-0.2, -0.15) is 0 Å². The van der Waals surface area contributed by atoms with Crippen molar-refractivity contribution in [2.75, 3.05) is 19.8 Å². The molecule has 0 fully saturated rings. The summed E-state index contributed by atoms with van der Waals surface area (Å²) in [4.78, 5) is 0. The molecule has 0 rings (SSSR count). The molecule has 0 spiro atoms. The van der Waals surface area contributed by atoms with Crippen LogP contribution in [0, 0.1) is 0 Å². The fourth-order valence-electron chi connectivity index (χ4n) is 0.474. The first-order valence-corrected chi connectivity index (χ1v) is 13.1. The summed E-state index contributed by atoms with van der Waals surface area (Å²) in [6.45, 7) is 7.19. The van der Waals surface area contributed by atoms with Crippen molar-refractivity contribution in [2.45, 2.75) is 59.3 Å². The fourth-order valence-corrected chi connectivity index (χ4v) is 0.474. The summed E-state index contributed by atoms with van der Waals surface area (Å²) in [6, 6.07) is 0. The van der Waals surface area contributed by atoms with Crippen molar-refractivity contribution in [3.8, 4) is 0 Å². The number of hydrogen-bond acceptors (Lipinski definition) is 3. The Hall–Kier alpha value is 1.46. The molecule has 0 aliphatic heterocycles. The summed E-state index contributed by atoms with van der Waals surface area (Å²) in [7, 11) is 14.9. The molecule has 7 heteroatoms. The molecule has 0 radical (unpaired) electrons. The molecule has 0 aliphatic carbocycles. The van der Waals surface area contributed by atoms with E-state index in [1.54, 1.807) is 0 Å². The van der Waals surface area contributed by atoms with Gasteiger partial charge in [0.2, 0.25) is 0 Å². The monoisotopic (exact) mass is 375 g/mol. The van der Waals surface area contributed by atoms with Gasteiger partial charge in [0.05, 0.1) is 0 Å². The normalized spacial score (nSPS) is 8.05. The van der Waals surface area contributed by atoms with Crippen LogP contribution in [0.25, 0.3) is 0 Å². The molecule has 3 N–H and O–H groups in total. The van der Waals surface area contributed by atoms with Crippen LogP contribution in [0.1, 0.15) is 59.3 Å². The van der Waals surface area contributed by atoms with E-state index in [4.69, 9.17) is 43.2 Å². The van der Waals surface area contributed by atoms with Gasteiger partial charge in [-0.15, -0.1) is 0 Å². The van der Waals surface area contributed by atoms with E-state index in [-0.39, 0.29) is 0 Å². The van der Waals surface area contributed by atoms with Crippen molar-refractivity contribution < 1.29 is 30.0 Å². The number of unbranched alkanes of at least 4 members (excludes halogenated alkanes) is 3. The average molecular weight is 377 g/mol. The molecule has 0 aliphatic rings. The minimum atomic E-state index is -1.92. The van der Waals surface area contributed by atoms with E-state index in [1.807, 2.05) is 0 Å². The van der Waals surface area contributed by atoms with E-state index in [9.17, 15) is 0 Å². The molecule has 0 atom stereocenters. The van der Waals surface area contributed by atoms with Gasteiger partial charge >= 0.3 is 42.6 Å². The first kappa shape index (κ1) is 28.6. The molecule has 0 bridgehead atoms. The number of aliphatic hydroxyl groups excluding tert-OH is 3. The first-order valence-electron chi connectivity index (χ1n) is 6.64. The molecule has 0 saturated heterocycles. The molecule has 0 amide bonds. The number of aliphatic hydroxyl groups is 3. The van der Waals surface area contributed by atoms with Crippen molar-refractivity contribution in [1.29, 1.82) is 0 Å². The van der Waals surface area contributed by atoms with Gasteiger partial charge in [0.1, 0.15) is 0 Å². The zero-order valence-corrected chi connectivity index (χ0v) is 16.2. The van der Waals surface area contributed by atoms with Crippen molar-refractivity contribution in [3.63, 3.8) is 0 Å². The predicted octanol–water partition coefficient (Wildman–Crippen LogP) is 4.40. The van der Waals surface area contributed by atoms with Crippen LogP contribution in [-0.4, -0.2) is 35.1 Å². The van der Waals surface area contributed by atoms with Gasteiger partial charge in [0.15, 0.2) is 0 Å². The Labute approximate surface area is 136 Å². The van der Waals surface area contributed by atoms with Crippen LogP contribution in [0.15, 0.2) is 0 Å². The number of halogens is 3. The number of hydrogen-bond donors (Lipinski definition) is 3. The van der Waals surface area contributed by atoms with Crippen LogP contribution in [0.4, 0.5) is 0 Å². The number of rotatable bonds is 6. The molecule has 0 heterocycles. The van der Waals surface area contributed by atoms with Gasteiger partial charge < -0.3 is 15.3 Å².